The van der Waals surface area contributed by atoms with Crippen LogP contribution in [0.3, 0.4) is 0 Å². The monoisotopic (exact) mass is 2090 g/mol. The molecule has 0 aromatic heterocycles. The van der Waals surface area contributed by atoms with Crippen molar-refractivity contribution in [3.63, 3.8) is 0 Å². The van der Waals surface area contributed by atoms with E-state index in [9.17, 15) is 192 Å². The molecule has 5 amide bonds. The number of hydrogen-bond donors (Lipinski definition) is 37. The number of amides is 5. The molecule has 56 atom stereocenters. The number of aliphatic carboxylic acids is 1. The fourth-order valence-corrected chi connectivity index (χ4v) is 18.3. The van der Waals surface area contributed by atoms with Crippen LogP contribution >= 0.6 is 0 Å². The third-order valence-corrected chi connectivity index (χ3v) is 26.0. The van der Waals surface area contributed by atoms with E-state index in [1.165, 1.54) is 6.92 Å². The van der Waals surface area contributed by atoms with Crippen molar-refractivity contribution in [1.29, 1.82) is 0 Å². The van der Waals surface area contributed by atoms with Gasteiger partial charge in [0.25, 0.3) is 5.79 Å². The van der Waals surface area contributed by atoms with E-state index in [1.807, 2.05) is 0 Å². The van der Waals surface area contributed by atoms with E-state index in [4.69, 9.17) is 99.5 Å². The molecule has 11 heterocycles. The summed E-state index contributed by atoms with van der Waals surface area (Å²) in [5.41, 5.74) is 0. The molecule has 826 valence electrons. The normalized spacial score (nSPS) is 47.8. The number of ether oxygens (including phenoxy) is 21. The molecule has 0 radical (unpaired) electrons. The Kier molecular flexibility index (Phi) is 42.3. The zero-order valence-corrected chi connectivity index (χ0v) is 76.6. The lowest BCUT2D eigenvalue weighted by Gasteiger charge is -2.51. The molecule has 37 N–H and O–H groups in total. The lowest BCUT2D eigenvalue weighted by molar-refractivity contribution is -0.399. The van der Waals surface area contributed by atoms with Gasteiger partial charge in [-0.25, -0.2) is 4.79 Å². The number of nitrogens with one attached hydrogen (secondary N) is 5. The number of aliphatic hydroxyl groups excluding tert-OH is 31. The Morgan fingerprint density at radius 3 is 1.08 bits per heavy atom. The molecular formula is C79H131N5O59. The first-order chi connectivity index (χ1) is 67.5. The number of carbonyl (C=O) groups is 6. The van der Waals surface area contributed by atoms with Crippen molar-refractivity contribution < 1.29 is 292 Å². The number of carboxylic acid groups (broad SMARTS) is 1. The minimum Gasteiger partial charge on any atom is -0.477 e. The summed E-state index contributed by atoms with van der Waals surface area (Å²) in [6.07, 6.45) is -110. The quantitative estimate of drug-likeness (QED) is 0.0272. The van der Waals surface area contributed by atoms with Crippen LogP contribution in [0.4, 0.5) is 0 Å². The topological polar surface area (TPSA) is 1000 Å². The largest absolute Gasteiger partial charge is 0.477 e. The van der Waals surface area contributed by atoms with E-state index < -0.39 is 458 Å². The average molecular weight is 2090 g/mol. The van der Waals surface area contributed by atoms with Crippen LogP contribution in [0.25, 0.3) is 0 Å². The van der Waals surface area contributed by atoms with Gasteiger partial charge in [-0.1, -0.05) is 0 Å². The van der Waals surface area contributed by atoms with Gasteiger partial charge in [-0.3, -0.25) is 24.0 Å². The summed E-state index contributed by atoms with van der Waals surface area (Å²) < 4.78 is 125. The minimum atomic E-state index is -3.18. The number of rotatable bonds is 39. The number of carboxylic acids is 1. The predicted octanol–water partition coefficient (Wildman–Crippen LogP) is -25.1. The summed E-state index contributed by atoms with van der Waals surface area (Å²) >= 11 is 0. The summed E-state index contributed by atoms with van der Waals surface area (Å²) in [4.78, 5) is 77.6. The van der Waals surface area contributed by atoms with Gasteiger partial charge < -0.3 is 289 Å². The van der Waals surface area contributed by atoms with Gasteiger partial charge in [0.2, 0.25) is 29.5 Å². The fourth-order valence-electron chi connectivity index (χ4n) is 18.3. The van der Waals surface area contributed by atoms with Crippen LogP contribution in [0.2, 0.25) is 0 Å². The van der Waals surface area contributed by atoms with Gasteiger partial charge in [-0.05, 0) is 6.92 Å². The number of aliphatic hydroxyl groups is 31. The van der Waals surface area contributed by atoms with Crippen molar-refractivity contribution in [2.24, 2.45) is 0 Å². The summed E-state index contributed by atoms with van der Waals surface area (Å²) in [7, 11) is 0. The van der Waals surface area contributed by atoms with Crippen LogP contribution in [0.15, 0.2) is 0 Å². The molecule has 0 aromatic rings. The Bertz CT molecular complexity index is 4030. The van der Waals surface area contributed by atoms with E-state index in [-0.39, 0.29) is 0 Å². The van der Waals surface area contributed by atoms with E-state index in [0.29, 0.717) is 0 Å². The Labute approximate surface area is 808 Å². The molecule has 143 heavy (non-hydrogen) atoms. The Hall–Kier alpha value is -5.26. The van der Waals surface area contributed by atoms with Gasteiger partial charge in [-0.2, -0.15) is 0 Å². The fraction of sp³-hybridized carbons (Fsp3) is 0.924. The van der Waals surface area contributed by atoms with Crippen molar-refractivity contribution in [2.45, 2.75) is 384 Å². The average Bonchev–Trinajstić information content (AvgIpc) is 0.765. The van der Waals surface area contributed by atoms with Crippen molar-refractivity contribution in [3.05, 3.63) is 0 Å². The highest BCUT2D eigenvalue weighted by Crippen LogP contribution is 2.43. The zero-order chi connectivity index (χ0) is 106. The SMILES string of the molecule is CC(=O)N[C@H]1[C@H](O[C@H]2[C@H](O)[C@@H](NC(C)=O)C(O)O[C@@H]2CO[C@@H]2O[C@@H](C)[C@@H](O)[C@@H](O)[C@@H]2O)O[C@H](CO)[C@@H](O[C@@H]2O[C@H](CO[C@H]3O[C@H](CO)[C@@H](O)[C@H](O)[C@@H]3O[C@@H]3O[C@H](CO)[C@@H](O[C@@H]4O[C@H](CO[C@]5(C(=O)O)C[C@H](O)[C@@H](NC(=O)CO)[C@H]([C@H](O)[C@H](O)CO)O5)[C@H](O)[C@H](O)[C@H]4O)[C@H](O)[C@H]3NC(C)=O)[C@@H](O)[C@H](O[C@H]3O[C@H](CO)[C@@H](O)[C@H](O)[C@@H]3O[C@@H]3O[C@H](CO)[C@@H](O[C@@H]4O[C@H](CO)[C@H](O)[C@H](O)[C@H]4O)[C@H](O)[C@H]3NC(C)=O)[C@@H]2O)[C@@H]1O. The molecule has 0 spiro atoms. The molecule has 11 aliphatic rings. The molecule has 64 nitrogen and oxygen atoms in total. The molecule has 0 saturated carbocycles. The van der Waals surface area contributed by atoms with Gasteiger partial charge >= 0.3 is 5.97 Å². The van der Waals surface area contributed by atoms with E-state index in [2.05, 4.69) is 26.6 Å². The lowest BCUT2D eigenvalue weighted by atomic mass is 9.88. The van der Waals surface area contributed by atoms with Crippen molar-refractivity contribution in [2.75, 3.05) is 72.7 Å². The van der Waals surface area contributed by atoms with Crippen LogP contribution in [0, 0.1) is 0 Å². The van der Waals surface area contributed by atoms with Crippen LogP contribution in [0.5, 0.6) is 0 Å². The van der Waals surface area contributed by atoms with Gasteiger partial charge in [0, 0.05) is 34.1 Å². The van der Waals surface area contributed by atoms with Crippen LogP contribution < -0.4 is 26.6 Å². The summed E-state index contributed by atoms with van der Waals surface area (Å²) in [5.74, 6) is -10.5. The van der Waals surface area contributed by atoms with Crippen molar-refractivity contribution in [3.8, 4) is 0 Å². The van der Waals surface area contributed by atoms with Crippen LogP contribution in [-0.4, -0.2) is 615 Å². The molecule has 0 aromatic carbocycles. The molecule has 11 fully saturated rings. The van der Waals surface area contributed by atoms with Gasteiger partial charge in [0.15, 0.2) is 62.9 Å². The molecule has 11 saturated heterocycles. The minimum absolute atomic E-state index is 0.857. The first kappa shape index (κ1) is 118. The first-order valence-corrected chi connectivity index (χ1v) is 45.3. The predicted molar refractivity (Wildman–Crippen MR) is 438 cm³/mol. The molecule has 0 bridgehead atoms. The maximum atomic E-state index is 13.4. The van der Waals surface area contributed by atoms with Crippen LogP contribution in [0.1, 0.15) is 41.0 Å². The van der Waals surface area contributed by atoms with Crippen molar-refractivity contribution in [1.82, 2.24) is 26.6 Å². The third-order valence-electron chi connectivity index (χ3n) is 26.0. The Balaban J connectivity index is 0.901. The second-order valence-corrected chi connectivity index (χ2v) is 36.0. The lowest BCUT2D eigenvalue weighted by Crippen LogP contribution is -2.71. The van der Waals surface area contributed by atoms with Gasteiger partial charge in [0.05, 0.1) is 84.3 Å². The van der Waals surface area contributed by atoms with E-state index in [0.717, 1.165) is 27.7 Å². The van der Waals surface area contributed by atoms with E-state index >= 15 is 0 Å². The van der Waals surface area contributed by atoms with E-state index in [1.54, 1.807) is 0 Å². The molecule has 11 rings (SSSR count). The number of hydrogen-bond acceptors (Lipinski definition) is 58. The maximum Gasteiger partial charge on any atom is 0.364 e. The highest BCUT2D eigenvalue weighted by molar-refractivity contribution is 5.78. The number of carbonyl (C=O) groups excluding carboxylic acids is 5. The molecule has 1 unspecified atom stereocenters. The first-order valence-electron chi connectivity index (χ1n) is 45.3. The maximum absolute atomic E-state index is 13.4. The molecular weight excluding hydrogens is 1960 g/mol. The van der Waals surface area contributed by atoms with Gasteiger partial charge in [0.1, 0.15) is 263 Å². The molecule has 0 aliphatic carbocycles. The Morgan fingerprint density at radius 2 is 0.650 bits per heavy atom. The molecule has 64 heteroatoms. The summed E-state index contributed by atoms with van der Waals surface area (Å²) in [6.45, 7) is -8.34. The van der Waals surface area contributed by atoms with Crippen molar-refractivity contribution >= 4 is 35.5 Å². The molecule has 11 aliphatic heterocycles. The highest BCUT2D eigenvalue weighted by atomic mass is 16.8. The van der Waals surface area contributed by atoms with Gasteiger partial charge in [-0.15, -0.1) is 0 Å². The Morgan fingerprint density at radius 1 is 0.315 bits per heavy atom. The standard InChI is InChI=1S/C79H131N5O59/c1-18-40(100)51(111)56(116)72(126-18)123-16-33-63(47(107)36(68(120)127-33)80-19(2)93)136-69-37(81-20(3)94)48(108)62(30(13-91)131-69)139-75-59(119)65(140-77-67(55(115)44(104)27(10-88)130-77)142-71-39(83-22(5)96)50(110)60(28(11-89)133-71)137-73-57(117)52(112)42(102)25(8-86)128-73)46(106)31(134-75)15-124-76-66(54(114)43(103)26(9-87)129-76)141-70-38(82-21(4)95)49(109)61(29(12-90)132-70)138-74-58(118)53(113)45(105)32(135-74)17-125-79(78(121)122)6-23(97)35(84-34(99)14-92)64(143-79)41(101)24(98)7-85/h18,23-33,35-77,85-92,97-98,100-120H,6-17H2,1-5H3,(H,80,93)(H,81,94)(H,82,95)(H,83,96)(H,84,99)(H,121,122)/t18-,23-,24+,25+,26+,27+,28+,29+,30+,31+,32+,33+,35+,36+,37+,38+,39+,40+,41+,42-,43+,44+,45-,46+,47+,48+,49+,50+,51+,52-,53-,54-,55-,56-,57+,58+,59-,60+,61+,62+,63+,64+,65-,66-,67-,68?,69-,70-,71-,72+,73-,74-,75-,76-,77+,79+/m0/s1. The zero-order valence-electron chi connectivity index (χ0n) is 76.6. The summed E-state index contributed by atoms with van der Waals surface area (Å²) in [6, 6.07) is -9.87. The van der Waals surface area contributed by atoms with Crippen LogP contribution in [-0.2, 0) is 128 Å². The smallest absolute Gasteiger partial charge is 0.364 e. The second kappa shape index (κ2) is 51.2. The highest BCUT2D eigenvalue weighted by Gasteiger charge is 2.64. The summed E-state index contributed by atoms with van der Waals surface area (Å²) in [5, 5.41) is 369. The third kappa shape index (κ3) is 26.4. The second-order valence-electron chi connectivity index (χ2n) is 36.0.